The van der Waals surface area contributed by atoms with Gasteiger partial charge in [0.05, 0.1) is 0 Å². The number of nitrogens with one attached hydrogen (secondary N) is 1. The van der Waals surface area contributed by atoms with Crippen molar-refractivity contribution >= 4 is 17.3 Å². The molecule has 1 heterocycles. The molecule has 0 aromatic carbocycles. The van der Waals surface area contributed by atoms with E-state index in [0.717, 1.165) is 0 Å². The molecule has 0 spiro atoms. The Labute approximate surface area is 52.6 Å². The van der Waals surface area contributed by atoms with Crippen LogP contribution in [0.2, 0.25) is 0 Å². The molecule has 1 aliphatic heterocycles. The molecule has 3 heteroatoms. The lowest BCUT2D eigenvalue weighted by molar-refractivity contribution is -0.109. The lowest BCUT2D eigenvalue weighted by Gasteiger charge is -1.98. The van der Waals surface area contributed by atoms with E-state index in [-0.39, 0.29) is 11.6 Å². The number of allylic oxidation sites excluding steroid dienone is 1. The fourth-order valence-electron chi connectivity index (χ4n) is 0.544. The maximum absolute atomic E-state index is 10.5. The van der Waals surface area contributed by atoms with E-state index in [9.17, 15) is 4.79 Å². The van der Waals surface area contributed by atoms with Crippen molar-refractivity contribution in [2.75, 3.05) is 0 Å². The van der Waals surface area contributed by atoms with Gasteiger partial charge in [0, 0.05) is 5.71 Å². The van der Waals surface area contributed by atoms with E-state index in [1.165, 1.54) is 6.08 Å². The largest absolute Gasteiger partial charge is 0.286 e. The van der Waals surface area contributed by atoms with Gasteiger partial charge in [-0.15, -0.1) is 0 Å². The average Bonchev–Trinajstić information content (AvgIpc) is 1.80. The molecule has 9 heavy (non-hydrogen) atoms. The van der Waals surface area contributed by atoms with Crippen molar-refractivity contribution in [1.82, 2.24) is 0 Å². The van der Waals surface area contributed by atoms with Crippen LogP contribution in [0.15, 0.2) is 17.1 Å². The Morgan fingerprint density at radius 3 is 2.67 bits per heavy atom. The van der Waals surface area contributed by atoms with Crippen LogP contribution in [0.25, 0.3) is 0 Å². The van der Waals surface area contributed by atoms with Gasteiger partial charge in [-0.1, -0.05) is 0 Å². The molecular formula is C6H6N2O. The lowest BCUT2D eigenvalue weighted by Crippen LogP contribution is -2.12. The number of nitrogens with zero attached hydrogens (tertiary/aromatic N) is 1. The van der Waals surface area contributed by atoms with Gasteiger partial charge in [0.1, 0.15) is 0 Å². The number of dihydropyridines is 1. The van der Waals surface area contributed by atoms with E-state index in [1.807, 2.05) is 0 Å². The molecule has 0 aliphatic carbocycles. The fraction of sp³-hybridized carbons (Fsp3) is 0.167. The first-order valence-corrected chi connectivity index (χ1v) is 2.56. The van der Waals surface area contributed by atoms with E-state index < -0.39 is 0 Å². The molecule has 0 aromatic heterocycles. The van der Waals surface area contributed by atoms with Crippen LogP contribution >= 0.6 is 0 Å². The Hall–Kier alpha value is -1.25. The first kappa shape index (κ1) is 5.88. The topological polar surface area (TPSA) is 53.3 Å². The molecule has 46 valence electrons. The highest BCUT2D eigenvalue weighted by atomic mass is 16.1. The number of amidine groups is 1. The minimum absolute atomic E-state index is 0.171. The molecule has 0 atom stereocenters. The van der Waals surface area contributed by atoms with Crippen molar-refractivity contribution in [2.24, 2.45) is 4.99 Å². The van der Waals surface area contributed by atoms with Gasteiger partial charge in [-0.25, -0.2) is 4.99 Å². The summed E-state index contributed by atoms with van der Waals surface area (Å²) in [5.41, 5.74) is 0.708. The van der Waals surface area contributed by atoms with Crippen LogP contribution in [0.3, 0.4) is 0 Å². The molecule has 1 aliphatic rings. The number of rotatable bonds is 0. The quantitative estimate of drug-likeness (QED) is 0.501. The van der Waals surface area contributed by atoms with Crippen molar-refractivity contribution in [3.63, 3.8) is 0 Å². The molecule has 0 aromatic rings. The second-order valence-electron chi connectivity index (χ2n) is 1.80. The summed E-state index contributed by atoms with van der Waals surface area (Å²) < 4.78 is 0. The van der Waals surface area contributed by atoms with Gasteiger partial charge in [-0.2, -0.15) is 0 Å². The van der Waals surface area contributed by atoms with Gasteiger partial charge in [0.15, 0.2) is 5.84 Å². The smallest absolute Gasteiger partial charge is 0.222 e. The summed E-state index contributed by atoms with van der Waals surface area (Å²) in [6.07, 6.45) is 2.95. The molecule has 3 nitrogen and oxygen atoms in total. The van der Waals surface area contributed by atoms with Crippen LogP contribution in [0, 0.1) is 5.41 Å². The van der Waals surface area contributed by atoms with Crippen molar-refractivity contribution in [3.8, 4) is 0 Å². The van der Waals surface area contributed by atoms with Crippen LogP contribution in [-0.4, -0.2) is 17.3 Å². The number of carbonyl (C=O) groups is 1. The van der Waals surface area contributed by atoms with Gasteiger partial charge in [0.2, 0.25) is 5.78 Å². The molecule has 1 rings (SSSR count). The number of ketones is 1. The van der Waals surface area contributed by atoms with Crippen LogP contribution < -0.4 is 0 Å². The zero-order valence-electron chi connectivity index (χ0n) is 5.01. The molecule has 0 bridgehead atoms. The van der Waals surface area contributed by atoms with Crippen molar-refractivity contribution < 1.29 is 4.79 Å². The number of aliphatic imine (C=N–C) groups is 1. The van der Waals surface area contributed by atoms with E-state index in [1.54, 1.807) is 13.0 Å². The molecule has 0 saturated carbocycles. The molecule has 0 saturated heterocycles. The van der Waals surface area contributed by atoms with Gasteiger partial charge < -0.3 is 0 Å². The summed E-state index contributed by atoms with van der Waals surface area (Å²) in [5, 5.41) is 6.94. The predicted octanol–water partition coefficient (Wildman–Crippen LogP) is 0.563. The Bertz CT molecular complexity index is 225. The molecule has 0 unspecified atom stereocenters. The van der Waals surface area contributed by atoms with Crippen molar-refractivity contribution in [1.29, 1.82) is 5.41 Å². The number of hydrogen-bond acceptors (Lipinski definition) is 2. The SMILES string of the molecule is CC1=NC(=N)C(=O)C=C1. The summed E-state index contributed by atoms with van der Waals surface area (Å²) in [6.45, 7) is 1.75. The fourth-order valence-corrected chi connectivity index (χ4v) is 0.544. The molecule has 1 N–H and O–H groups in total. The van der Waals surface area contributed by atoms with Gasteiger partial charge in [0.25, 0.3) is 0 Å². The van der Waals surface area contributed by atoms with Crippen LogP contribution in [0.1, 0.15) is 6.92 Å². The van der Waals surface area contributed by atoms with Crippen molar-refractivity contribution in [2.45, 2.75) is 6.92 Å². The Morgan fingerprint density at radius 1 is 1.56 bits per heavy atom. The minimum Gasteiger partial charge on any atom is -0.286 e. The van der Waals surface area contributed by atoms with Crippen LogP contribution in [0.4, 0.5) is 0 Å². The number of hydrogen-bond donors (Lipinski definition) is 1. The Morgan fingerprint density at radius 2 is 2.22 bits per heavy atom. The summed E-state index contributed by atoms with van der Waals surface area (Å²) in [6, 6.07) is 0. The molecule has 0 fully saturated rings. The summed E-state index contributed by atoms with van der Waals surface area (Å²) in [4.78, 5) is 14.1. The summed E-state index contributed by atoms with van der Waals surface area (Å²) in [5.74, 6) is -0.490. The Balaban J connectivity index is 2.95. The number of carbonyl (C=O) groups excluding carboxylic acids is 1. The zero-order valence-corrected chi connectivity index (χ0v) is 5.01. The van der Waals surface area contributed by atoms with Crippen LogP contribution in [0.5, 0.6) is 0 Å². The molecule has 0 amide bonds. The highest BCUT2D eigenvalue weighted by Gasteiger charge is 2.07. The third kappa shape index (κ3) is 1.10. The minimum atomic E-state index is -0.319. The first-order valence-electron chi connectivity index (χ1n) is 2.56. The van der Waals surface area contributed by atoms with E-state index in [0.29, 0.717) is 5.71 Å². The summed E-state index contributed by atoms with van der Waals surface area (Å²) >= 11 is 0. The highest BCUT2D eigenvalue weighted by Crippen LogP contribution is 1.93. The predicted molar refractivity (Wildman–Crippen MR) is 35.0 cm³/mol. The van der Waals surface area contributed by atoms with Gasteiger partial charge >= 0.3 is 0 Å². The monoisotopic (exact) mass is 122 g/mol. The normalized spacial score (nSPS) is 18.1. The van der Waals surface area contributed by atoms with Crippen LogP contribution in [-0.2, 0) is 4.79 Å². The van der Waals surface area contributed by atoms with Crippen molar-refractivity contribution in [3.05, 3.63) is 12.2 Å². The first-order chi connectivity index (χ1) is 4.20. The summed E-state index contributed by atoms with van der Waals surface area (Å²) in [7, 11) is 0. The van der Waals surface area contributed by atoms with E-state index >= 15 is 0 Å². The van der Waals surface area contributed by atoms with Gasteiger partial charge in [-0.3, -0.25) is 10.2 Å². The average molecular weight is 122 g/mol. The van der Waals surface area contributed by atoms with E-state index in [2.05, 4.69) is 4.99 Å². The van der Waals surface area contributed by atoms with Gasteiger partial charge in [-0.05, 0) is 19.1 Å². The third-order valence-electron chi connectivity index (χ3n) is 0.997. The highest BCUT2D eigenvalue weighted by molar-refractivity contribution is 6.46. The second kappa shape index (κ2) is 1.93. The third-order valence-corrected chi connectivity index (χ3v) is 0.997. The van der Waals surface area contributed by atoms with E-state index in [4.69, 9.17) is 5.41 Å². The second-order valence-corrected chi connectivity index (χ2v) is 1.80. The maximum Gasteiger partial charge on any atom is 0.222 e. The molecular weight excluding hydrogens is 116 g/mol. The lowest BCUT2D eigenvalue weighted by atomic mass is 10.2. The Kier molecular flexibility index (Phi) is 1.26. The maximum atomic E-state index is 10.5. The zero-order chi connectivity index (χ0) is 6.85. The standard InChI is InChI=1S/C6H6N2O/c1-4-2-3-5(9)6(7)8-4/h2-3,7H,1H3. The molecule has 0 radical (unpaired) electrons.